The van der Waals surface area contributed by atoms with Gasteiger partial charge in [0.05, 0.1) is 0 Å². The van der Waals surface area contributed by atoms with Gasteiger partial charge in [-0.3, -0.25) is 4.99 Å². The number of likely N-dealkylation sites (tertiary alicyclic amines) is 1. The second-order valence-corrected chi connectivity index (χ2v) is 4.87. The van der Waals surface area contributed by atoms with Crippen LogP contribution in [0.15, 0.2) is 4.99 Å². The van der Waals surface area contributed by atoms with Crippen LogP contribution < -0.4 is 5.32 Å². The highest BCUT2D eigenvalue weighted by Crippen LogP contribution is 2.15. The highest BCUT2D eigenvalue weighted by Gasteiger charge is 2.18. The molecule has 0 bridgehead atoms. The van der Waals surface area contributed by atoms with Gasteiger partial charge in [-0.05, 0) is 25.2 Å². The fourth-order valence-corrected chi connectivity index (χ4v) is 2.29. The first-order chi connectivity index (χ1) is 7.77. The van der Waals surface area contributed by atoms with Crippen molar-refractivity contribution in [2.75, 3.05) is 26.7 Å². The first kappa shape index (κ1) is 13.3. The Morgan fingerprint density at radius 1 is 1.44 bits per heavy atom. The molecule has 16 heavy (non-hydrogen) atoms. The van der Waals surface area contributed by atoms with Gasteiger partial charge in [0.15, 0.2) is 5.96 Å². The molecule has 1 rings (SSSR count). The topological polar surface area (TPSA) is 27.6 Å². The van der Waals surface area contributed by atoms with Crippen LogP contribution >= 0.6 is 0 Å². The number of piperidine rings is 1. The lowest BCUT2D eigenvalue weighted by Crippen LogP contribution is -2.46. The minimum atomic E-state index is 0.808. The van der Waals surface area contributed by atoms with E-state index in [1.807, 2.05) is 7.05 Å². The van der Waals surface area contributed by atoms with Crippen molar-refractivity contribution in [2.24, 2.45) is 10.9 Å². The Kier molecular flexibility index (Phi) is 6.27. The van der Waals surface area contributed by atoms with Gasteiger partial charge < -0.3 is 10.2 Å². The van der Waals surface area contributed by atoms with E-state index < -0.39 is 0 Å². The molecule has 1 unspecified atom stereocenters. The van der Waals surface area contributed by atoms with Crippen molar-refractivity contribution in [3.05, 3.63) is 0 Å². The largest absolute Gasteiger partial charge is 0.356 e. The summed E-state index contributed by atoms with van der Waals surface area (Å²) in [6.45, 7) is 7.95. The standard InChI is InChI=1S/C13H27N3/c1-4-5-6-9-15-13(14-3)16-10-7-8-12(2)11-16/h12H,4-11H2,1-3H3,(H,14,15). The molecule has 0 radical (unpaired) electrons. The summed E-state index contributed by atoms with van der Waals surface area (Å²) in [7, 11) is 1.89. The van der Waals surface area contributed by atoms with Gasteiger partial charge in [-0.1, -0.05) is 26.7 Å². The van der Waals surface area contributed by atoms with Gasteiger partial charge >= 0.3 is 0 Å². The second-order valence-electron chi connectivity index (χ2n) is 4.87. The number of rotatable bonds is 4. The zero-order chi connectivity index (χ0) is 11.8. The lowest BCUT2D eigenvalue weighted by atomic mass is 10.0. The molecule has 1 saturated heterocycles. The molecule has 1 atom stereocenters. The Hall–Kier alpha value is -0.730. The molecule has 0 aromatic heterocycles. The van der Waals surface area contributed by atoms with E-state index in [0.29, 0.717) is 0 Å². The summed E-state index contributed by atoms with van der Waals surface area (Å²) in [6, 6.07) is 0. The van der Waals surface area contributed by atoms with Crippen LogP contribution in [0.25, 0.3) is 0 Å². The Balaban J connectivity index is 2.30. The molecule has 0 aromatic carbocycles. The van der Waals surface area contributed by atoms with Crippen molar-refractivity contribution in [1.82, 2.24) is 10.2 Å². The number of nitrogens with zero attached hydrogens (tertiary/aromatic N) is 2. The molecule has 3 heteroatoms. The van der Waals surface area contributed by atoms with Crippen molar-refractivity contribution in [3.8, 4) is 0 Å². The second kappa shape index (κ2) is 7.53. The Morgan fingerprint density at radius 2 is 2.25 bits per heavy atom. The summed E-state index contributed by atoms with van der Waals surface area (Å²) < 4.78 is 0. The quantitative estimate of drug-likeness (QED) is 0.452. The summed E-state index contributed by atoms with van der Waals surface area (Å²) in [5.74, 6) is 1.91. The van der Waals surface area contributed by atoms with E-state index in [1.54, 1.807) is 0 Å². The minimum Gasteiger partial charge on any atom is -0.356 e. The number of nitrogens with one attached hydrogen (secondary N) is 1. The van der Waals surface area contributed by atoms with Gasteiger partial charge in [-0.15, -0.1) is 0 Å². The Morgan fingerprint density at radius 3 is 2.88 bits per heavy atom. The van der Waals surface area contributed by atoms with E-state index in [2.05, 4.69) is 29.1 Å². The first-order valence-corrected chi connectivity index (χ1v) is 6.73. The van der Waals surface area contributed by atoms with Crippen molar-refractivity contribution in [2.45, 2.75) is 46.0 Å². The van der Waals surface area contributed by atoms with Gasteiger partial charge in [0.25, 0.3) is 0 Å². The zero-order valence-corrected chi connectivity index (χ0v) is 11.1. The number of aliphatic imine (C=N–C) groups is 1. The molecular weight excluding hydrogens is 198 g/mol. The maximum absolute atomic E-state index is 4.38. The maximum Gasteiger partial charge on any atom is 0.193 e. The molecule has 0 amide bonds. The van der Waals surface area contributed by atoms with Gasteiger partial charge in [-0.2, -0.15) is 0 Å². The third-order valence-corrected chi connectivity index (χ3v) is 3.23. The van der Waals surface area contributed by atoms with Crippen LogP contribution in [0.3, 0.4) is 0 Å². The SMILES string of the molecule is CCCCCNC(=NC)N1CCCC(C)C1. The molecule has 3 nitrogen and oxygen atoms in total. The number of guanidine groups is 1. The monoisotopic (exact) mass is 225 g/mol. The molecule has 1 aliphatic heterocycles. The average Bonchev–Trinajstić information content (AvgIpc) is 2.29. The normalized spacial score (nSPS) is 22.3. The number of hydrogen-bond acceptors (Lipinski definition) is 1. The lowest BCUT2D eigenvalue weighted by Gasteiger charge is -2.33. The number of hydrogen-bond donors (Lipinski definition) is 1. The third-order valence-electron chi connectivity index (χ3n) is 3.23. The van der Waals surface area contributed by atoms with E-state index >= 15 is 0 Å². The summed E-state index contributed by atoms with van der Waals surface area (Å²) in [4.78, 5) is 6.78. The van der Waals surface area contributed by atoms with Crippen LogP contribution in [-0.4, -0.2) is 37.5 Å². The first-order valence-electron chi connectivity index (χ1n) is 6.73. The average molecular weight is 225 g/mol. The molecule has 0 spiro atoms. The predicted molar refractivity (Wildman–Crippen MR) is 70.9 cm³/mol. The van der Waals surface area contributed by atoms with Crippen molar-refractivity contribution < 1.29 is 0 Å². The van der Waals surface area contributed by atoms with Gasteiger partial charge in [0.2, 0.25) is 0 Å². The molecule has 1 aliphatic rings. The fraction of sp³-hybridized carbons (Fsp3) is 0.923. The molecule has 0 saturated carbocycles. The number of unbranched alkanes of at least 4 members (excludes halogenated alkanes) is 2. The minimum absolute atomic E-state index is 0.808. The van der Waals surface area contributed by atoms with E-state index in [4.69, 9.17) is 0 Å². The van der Waals surface area contributed by atoms with Crippen molar-refractivity contribution in [3.63, 3.8) is 0 Å². The van der Waals surface area contributed by atoms with Crippen LogP contribution in [0.2, 0.25) is 0 Å². The van der Waals surface area contributed by atoms with Crippen LogP contribution in [0.1, 0.15) is 46.0 Å². The van der Waals surface area contributed by atoms with Gasteiger partial charge in [-0.25, -0.2) is 0 Å². The molecule has 1 heterocycles. The van der Waals surface area contributed by atoms with Crippen molar-refractivity contribution in [1.29, 1.82) is 0 Å². The van der Waals surface area contributed by atoms with Crippen LogP contribution in [0.5, 0.6) is 0 Å². The van der Waals surface area contributed by atoms with Crippen LogP contribution in [0.4, 0.5) is 0 Å². The highest BCUT2D eigenvalue weighted by molar-refractivity contribution is 5.79. The van der Waals surface area contributed by atoms with E-state index in [0.717, 1.165) is 31.5 Å². The Labute approximate surface area is 100 Å². The zero-order valence-electron chi connectivity index (χ0n) is 11.1. The van der Waals surface area contributed by atoms with Crippen LogP contribution in [0, 0.1) is 5.92 Å². The van der Waals surface area contributed by atoms with E-state index in [9.17, 15) is 0 Å². The molecular formula is C13H27N3. The van der Waals surface area contributed by atoms with E-state index in [1.165, 1.54) is 32.1 Å². The lowest BCUT2D eigenvalue weighted by molar-refractivity contribution is 0.266. The third kappa shape index (κ3) is 4.42. The van der Waals surface area contributed by atoms with E-state index in [-0.39, 0.29) is 0 Å². The fourth-order valence-electron chi connectivity index (χ4n) is 2.29. The van der Waals surface area contributed by atoms with Crippen molar-refractivity contribution >= 4 is 5.96 Å². The molecule has 0 aliphatic carbocycles. The van der Waals surface area contributed by atoms with Gasteiger partial charge in [0, 0.05) is 26.7 Å². The van der Waals surface area contributed by atoms with Crippen LogP contribution in [-0.2, 0) is 0 Å². The predicted octanol–water partition coefficient (Wildman–Crippen LogP) is 2.48. The summed E-state index contributed by atoms with van der Waals surface area (Å²) >= 11 is 0. The highest BCUT2D eigenvalue weighted by atomic mass is 15.3. The molecule has 1 N–H and O–H groups in total. The molecule has 94 valence electrons. The summed E-state index contributed by atoms with van der Waals surface area (Å²) in [6.07, 6.45) is 6.50. The summed E-state index contributed by atoms with van der Waals surface area (Å²) in [5, 5.41) is 3.47. The summed E-state index contributed by atoms with van der Waals surface area (Å²) in [5.41, 5.74) is 0. The Bertz CT molecular complexity index is 213. The molecule has 1 fully saturated rings. The smallest absolute Gasteiger partial charge is 0.193 e. The maximum atomic E-state index is 4.38. The molecule has 0 aromatic rings. The van der Waals surface area contributed by atoms with Gasteiger partial charge in [0.1, 0.15) is 0 Å².